The van der Waals surface area contributed by atoms with Crippen LogP contribution < -0.4 is 0 Å². The quantitative estimate of drug-likeness (QED) is 0.780. The van der Waals surface area contributed by atoms with E-state index < -0.39 is 6.10 Å². The summed E-state index contributed by atoms with van der Waals surface area (Å²) in [5, 5.41) is 9.35. The molecule has 0 aliphatic carbocycles. The van der Waals surface area contributed by atoms with E-state index in [4.69, 9.17) is 4.42 Å². The summed E-state index contributed by atoms with van der Waals surface area (Å²) in [6.07, 6.45) is 3.47. The molecule has 0 radical (unpaired) electrons. The van der Waals surface area contributed by atoms with Crippen LogP contribution in [0.25, 0.3) is 22.4 Å². The monoisotopic (exact) mass is 254 g/mol. The molecular weight excluding hydrogens is 240 g/mol. The summed E-state index contributed by atoms with van der Waals surface area (Å²) >= 11 is 0. The number of furan rings is 1. The molecule has 0 fully saturated rings. The van der Waals surface area contributed by atoms with Crippen LogP contribution in [0.4, 0.5) is 0 Å². The standard InChI is InChI=1S/C15H14N2O2/c1-10(18)8-12-3-5-15(19-12)11-2-4-13-14(9-11)17-7-6-16-13/h2-7,9-10,18H,8H2,1H3. The first-order chi connectivity index (χ1) is 9.22. The topological polar surface area (TPSA) is 59.2 Å². The van der Waals surface area contributed by atoms with Gasteiger partial charge in [-0.3, -0.25) is 9.97 Å². The predicted octanol–water partition coefficient (Wildman–Crippen LogP) is 2.81. The number of hydrogen-bond donors (Lipinski definition) is 1. The van der Waals surface area contributed by atoms with Gasteiger partial charge in [-0.05, 0) is 37.3 Å². The lowest BCUT2D eigenvalue weighted by atomic mass is 10.1. The Kier molecular flexibility index (Phi) is 3.01. The normalized spacial score (nSPS) is 12.7. The molecule has 19 heavy (non-hydrogen) atoms. The number of hydrogen-bond acceptors (Lipinski definition) is 4. The summed E-state index contributed by atoms with van der Waals surface area (Å²) in [5.74, 6) is 1.56. The van der Waals surface area contributed by atoms with Crippen molar-refractivity contribution in [3.8, 4) is 11.3 Å². The van der Waals surface area contributed by atoms with E-state index in [1.165, 1.54) is 0 Å². The Balaban J connectivity index is 1.97. The molecule has 2 heterocycles. The van der Waals surface area contributed by atoms with Crippen LogP contribution in [0.15, 0.2) is 47.1 Å². The van der Waals surface area contributed by atoms with Crippen LogP contribution in [-0.2, 0) is 6.42 Å². The van der Waals surface area contributed by atoms with Crippen molar-refractivity contribution < 1.29 is 9.52 Å². The van der Waals surface area contributed by atoms with Gasteiger partial charge in [0.25, 0.3) is 0 Å². The van der Waals surface area contributed by atoms with Crippen LogP contribution in [0.3, 0.4) is 0 Å². The highest BCUT2D eigenvalue weighted by molar-refractivity contribution is 5.79. The highest BCUT2D eigenvalue weighted by atomic mass is 16.3. The number of aliphatic hydroxyl groups is 1. The largest absolute Gasteiger partial charge is 0.461 e. The van der Waals surface area contributed by atoms with E-state index in [0.29, 0.717) is 6.42 Å². The van der Waals surface area contributed by atoms with Crippen LogP contribution in [0, 0.1) is 0 Å². The Morgan fingerprint density at radius 3 is 2.68 bits per heavy atom. The third-order valence-corrected chi connectivity index (χ3v) is 2.91. The number of benzene rings is 1. The SMILES string of the molecule is CC(O)Cc1ccc(-c2ccc3nccnc3c2)o1. The molecule has 0 amide bonds. The van der Waals surface area contributed by atoms with Gasteiger partial charge in [0.2, 0.25) is 0 Å². The van der Waals surface area contributed by atoms with Crippen molar-refractivity contribution in [3.05, 3.63) is 48.5 Å². The van der Waals surface area contributed by atoms with E-state index in [9.17, 15) is 5.11 Å². The first-order valence-electron chi connectivity index (χ1n) is 6.20. The molecule has 4 heteroatoms. The lowest BCUT2D eigenvalue weighted by Gasteiger charge is -2.01. The summed E-state index contributed by atoms with van der Waals surface area (Å²) in [5.41, 5.74) is 2.67. The van der Waals surface area contributed by atoms with Crippen molar-refractivity contribution in [3.63, 3.8) is 0 Å². The van der Waals surface area contributed by atoms with Gasteiger partial charge in [0.15, 0.2) is 0 Å². The van der Waals surface area contributed by atoms with Gasteiger partial charge in [0, 0.05) is 24.4 Å². The predicted molar refractivity (Wildman–Crippen MR) is 72.6 cm³/mol. The van der Waals surface area contributed by atoms with E-state index in [-0.39, 0.29) is 0 Å². The average Bonchev–Trinajstić information content (AvgIpc) is 2.86. The summed E-state index contributed by atoms with van der Waals surface area (Å²) < 4.78 is 5.72. The Hall–Kier alpha value is -2.20. The lowest BCUT2D eigenvalue weighted by molar-refractivity contribution is 0.187. The van der Waals surface area contributed by atoms with Crippen molar-refractivity contribution in [2.24, 2.45) is 0 Å². The van der Waals surface area contributed by atoms with Gasteiger partial charge in [0.1, 0.15) is 11.5 Å². The number of aromatic nitrogens is 2. The highest BCUT2D eigenvalue weighted by Gasteiger charge is 2.08. The summed E-state index contributed by atoms with van der Waals surface area (Å²) in [7, 11) is 0. The molecule has 0 saturated carbocycles. The van der Waals surface area contributed by atoms with Gasteiger partial charge < -0.3 is 9.52 Å². The van der Waals surface area contributed by atoms with Crippen molar-refractivity contribution in [2.45, 2.75) is 19.4 Å². The molecule has 0 saturated heterocycles. The Bertz CT molecular complexity index is 704. The second-order valence-corrected chi connectivity index (χ2v) is 4.58. The molecule has 0 aliphatic heterocycles. The Morgan fingerprint density at radius 1 is 1.11 bits per heavy atom. The molecule has 1 aromatic carbocycles. The number of rotatable bonds is 3. The summed E-state index contributed by atoms with van der Waals surface area (Å²) in [4.78, 5) is 8.51. The molecule has 0 bridgehead atoms. The minimum atomic E-state index is -0.401. The molecule has 4 nitrogen and oxygen atoms in total. The number of fused-ring (bicyclic) bond motifs is 1. The maximum Gasteiger partial charge on any atom is 0.134 e. The Labute approximate surface area is 110 Å². The van der Waals surface area contributed by atoms with E-state index in [1.54, 1.807) is 19.3 Å². The summed E-state index contributed by atoms with van der Waals surface area (Å²) in [6, 6.07) is 9.64. The maximum atomic E-state index is 9.35. The number of nitrogens with zero attached hydrogens (tertiary/aromatic N) is 2. The fourth-order valence-corrected chi connectivity index (χ4v) is 2.05. The van der Waals surface area contributed by atoms with Crippen LogP contribution in [-0.4, -0.2) is 21.2 Å². The molecule has 1 atom stereocenters. The van der Waals surface area contributed by atoms with E-state index in [2.05, 4.69) is 9.97 Å². The van der Waals surface area contributed by atoms with E-state index in [1.807, 2.05) is 30.3 Å². The fraction of sp³-hybridized carbons (Fsp3) is 0.200. The van der Waals surface area contributed by atoms with Gasteiger partial charge in [-0.15, -0.1) is 0 Å². The van der Waals surface area contributed by atoms with E-state index in [0.717, 1.165) is 28.1 Å². The molecule has 0 aliphatic rings. The summed E-state index contributed by atoms with van der Waals surface area (Å²) in [6.45, 7) is 1.74. The fourth-order valence-electron chi connectivity index (χ4n) is 2.05. The molecule has 3 rings (SSSR count). The molecule has 96 valence electrons. The molecule has 3 aromatic rings. The minimum Gasteiger partial charge on any atom is -0.461 e. The Morgan fingerprint density at radius 2 is 1.89 bits per heavy atom. The lowest BCUT2D eigenvalue weighted by Crippen LogP contribution is -2.02. The van der Waals surface area contributed by atoms with Crippen molar-refractivity contribution in [1.82, 2.24) is 9.97 Å². The van der Waals surface area contributed by atoms with E-state index >= 15 is 0 Å². The van der Waals surface area contributed by atoms with Crippen LogP contribution in [0.2, 0.25) is 0 Å². The molecule has 0 spiro atoms. The third kappa shape index (κ3) is 2.48. The molecule has 2 aromatic heterocycles. The third-order valence-electron chi connectivity index (χ3n) is 2.91. The zero-order valence-corrected chi connectivity index (χ0v) is 10.6. The average molecular weight is 254 g/mol. The van der Waals surface area contributed by atoms with Crippen molar-refractivity contribution in [2.75, 3.05) is 0 Å². The zero-order chi connectivity index (χ0) is 13.2. The van der Waals surface area contributed by atoms with Crippen LogP contribution in [0.5, 0.6) is 0 Å². The second-order valence-electron chi connectivity index (χ2n) is 4.58. The van der Waals surface area contributed by atoms with Gasteiger partial charge >= 0.3 is 0 Å². The molecular formula is C15H14N2O2. The van der Waals surface area contributed by atoms with Gasteiger partial charge in [-0.2, -0.15) is 0 Å². The first kappa shape index (κ1) is 11.9. The van der Waals surface area contributed by atoms with Gasteiger partial charge in [-0.25, -0.2) is 0 Å². The van der Waals surface area contributed by atoms with Crippen LogP contribution >= 0.6 is 0 Å². The molecule has 1 N–H and O–H groups in total. The minimum absolute atomic E-state index is 0.401. The van der Waals surface area contributed by atoms with Crippen molar-refractivity contribution in [1.29, 1.82) is 0 Å². The first-order valence-corrected chi connectivity index (χ1v) is 6.20. The maximum absolute atomic E-state index is 9.35. The second kappa shape index (κ2) is 4.82. The molecule has 1 unspecified atom stereocenters. The number of aliphatic hydroxyl groups excluding tert-OH is 1. The van der Waals surface area contributed by atoms with Crippen molar-refractivity contribution >= 4 is 11.0 Å². The van der Waals surface area contributed by atoms with Crippen LogP contribution in [0.1, 0.15) is 12.7 Å². The zero-order valence-electron chi connectivity index (χ0n) is 10.6. The van der Waals surface area contributed by atoms with Gasteiger partial charge in [0.05, 0.1) is 17.1 Å². The highest BCUT2D eigenvalue weighted by Crippen LogP contribution is 2.25. The smallest absolute Gasteiger partial charge is 0.134 e. The van der Waals surface area contributed by atoms with Gasteiger partial charge in [-0.1, -0.05) is 0 Å².